The molecule has 154 valence electrons. The molecule has 1 amide bonds. The summed E-state index contributed by atoms with van der Waals surface area (Å²) in [5, 5.41) is 3.42. The number of piperidine rings is 1. The molecule has 2 aliphatic rings. The van der Waals surface area contributed by atoms with Crippen molar-refractivity contribution >= 4 is 38.9 Å². The summed E-state index contributed by atoms with van der Waals surface area (Å²) in [7, 11) is -3.56. The van der Waals surface area contributed by atoms with Crippen LogP contribution in [0.15, 0.2) is 47.4 Å². The van der Waals surface area contributed by atoms with E-state index in [4.69, 9.17) is 11.6 Å². The lowest BCUT2D eigenvalue weighted by molar-refractivity contribution is -0.116. The Morgan fingerprint density at radius 1 is 1.03 bits per heavy atom. The Morgan fingerprint density at radius 3 is 2.59 bits per heavy atom. The van der Waals surface area contributed by atoms with Crippen molar-refractivity contribution in [2.24, 2.45) is 0 Å². The Labute approximate surface area is 176 Å². The summed E-state index contributed by atoms with van der Waals surface area (Å²) in [5.74, 6) is -0.0738. The van der Waals surface area contributed by atoms with Crippen LogP contribution in [-0.2, 0) is 21.2 Å². The van der Waals surface area contributed by atoms with Crippen molar-refractivity contribution in [3.8, 4) is 0 Å². The van der Waals surface area contributed by atoms with E-state index >= 15 is 0 Å². The lowest BCUT2D eigenvalue weighted by Crippen LogP contribution is -2.35. The number of para-hydroxylation sites is 1. The number of nitrogens with zero attached hydrogens (tertiary/aromatic N) is 2. The van der Waals surface area contributed by atoms with Gasteiger partial charge >= 0.3 is 0 Å². The first-order valence-electron chi connectivity index (χ1n) is 9.89. The van der Waals surface area contributed by atoms with E-state index in [1.807, 2.05) is 24.3 Å². The van der Waals surface area contributed by atoms with E-state index in [1.165, 1.54) is 16.4 Å². The van der Waals surface area contributed by atoms with E-state index in [0.717, 1.165) is 36.9 Å². The minimum Gasteiger partial charge on any atom is -0.375 e. The second-order valence-electron chi connectivity index (χ2n) is 7.38. The van der Waals surface area contributed by atoms with E-state index in [-0.39, 0.29) is 17.3 Å². The van der Waals surface area contributed by atoms with Gasteiger partial charge in [0.2, 0.25) is 15.9 Å². The van der Waals surface area contributed by atoms with Crippen LogP contribution in [0.4, 0.5) is 11.4 Å². The molecule has 2 aliphatic heterocycles. The summed E-state index contributed by atoms with van der Waals surface area (Å²) in [6.07, 6.45) is 3.65. The van der Waals surface area contributed by atoms with Gasteiger partial charge < -0.3 is 10.2 Å². The van der Waals surface area contributed by atoms with E-state index in [9.17, 15) is 13.2 Å². The van der Waals surface area contributed by atoms with Gasteiger partial charge in [-0.1, -0.05) is 36.2 Å². The van der Waals surface area contributed by atoms with Crippen LogP contribution in [0.1, 0.15) is 24.8 Å². The summed E-state index contributed by atoms with van der Waals surface area (Å²) in [4.78, 5) is 14.7. The molecule has 2 heterocycles. The second kappa shape index (κ2) is 8.34. The first-order valence-corrected chi connectivity index (χ1v) is 11.7. The van der Waals surface area contributed by atoms with Gasteiger partial charge in [0.15, 0.2) is 0 Å². The maximum absolute atomic E-state index is 12.9. The number of sulfonamides is 1. The second-order valence-corrected chi connectivity index (χ2v) is 9.73. The van der Waals surface area contributed by atoms with Gasteiger partial charge in [0.05, 0.1) is 22.2 Å². The molecule has 4 rings (SSSR count). The molecule has 2 aromatic carbocycles. The fourth-order valence-corrected chi connectivity index (χ4v) is 5.65. The van der Waals surface area contributed by atoms with Gasteiger partial charge in [-0.25, -0.2) is 8.42 Å². The van der Waals surface area contributed by atoms with Crippen molar-refractivity contribution in [1.82, 2.24) is 4.31 Å². The van der Waals surface area contributed by atoms with Gasteiger partial charge in [-0.15, -0.1) is 0 Å². The zero-order chi connectivity index (χ0) is 20.4. The van der Waals surface area contributed by atoms with Gasteiger partial charge in [0, 0.05) is 25.3 Å². The summed E-state index contributed by atoms with van der Waals surface area (Å²) < 4.78 is 27.4. The van der Waals surface area contributed by atoms with E-state index < -0.39 is 10.0 Å². The van der Waals surface area contributed by atoms with Crippen LogP contribution in [0.25, 0.3) is 0 Å². The predicted octanol–water partition coefficient (Wildman–Crippen LogP) is 3.52. The van der Waals surface area contributed by atoms with Crippen molar-refractivity contribution < 1.29 is 13.2 Å². The van der Waals surface area contributed by atoms with Gasteiger partial charge in [-0.05, 0) is 49.1 Å². The Morgan fingerprint density at radius 2 is 1.79 bits per heavy atom. The Hall–Kier alpha value is -2.09. The minimum absolute atomic E-state index is 0.0429. The van der Waals surface area contributed by atoms with Crippen molar-refractivity contribution in [2.45, 2.75) is 30.6 Å². The first kappa shape index (κ1) is 20.2. The van der Waals surface area contributed by atoms with E-state index in [0.29, 0.717) is 30.3 Å². The monoisotopic (exact) mass is 433 g/mol. The molecule has 0 bridgehead atoms. The maximum Gasteiger partial charge on any atom is 0.246 e. The molecule has 0 unspecified atom stereocenters. The number of hydrogen-bond donors (Lipinski definition) is 1. The van der Waals surface area contributed by atoms with Crippen LogP contribution in [0.5, 0.6) is 0 Å². The third kappa shape index (κ3) is 4.13. The zero-order valence-corrected chi connectivity index (χ0v) is 17.7. The number of hydrogen-bond acceptors (Lipinski definition) is 4. The van der Waals surface area contributed by atoms with Crippen LogP contribution >= 0.6 is 11.6 Å². The van der Waals surface area contributed by atoms with Crippen LogP contribution in [-0.4, -0.2) is 44.8 Å². The molecule has 2 aromatic rings. The predicted molar refractivity (Wildman–Crippen MR) is 115 cm³/mol. The molecule has 29 heavy (non-hydrogen) atoms. The summed E-state index contributed by atoms with van der Waals surface area (Å²) in [6, 6.07) is 12.5. The van der Waals surface area contributed by atoms with Crippen LogP contribution in [0, 0.1) is 0 Å². The highest BCUT2D eigenvalue weighted by atomic mass is 35.5. The van der Waals surface area contributed by atoms with Crippen LogP contribution < -0.4 is 10.2 Å². The number of rotatable bonds is 5. The van der Waals surface area contributed by atoms with Crippen molar-refractivity contribution in [1.29, 1.82) is 0 Å². The van der Waals surface area contributed by atoms with Crippen molar-refractivity contribution in [3.63, 3.8) is 0 Å². The number of carbonyl (C=O) groups is 1. The minimum atomic E-state index is -3.56. The summed E-state index contributed by atoms with van der Waals surface area (Å²) >= 11 is 6.26. The van der Waals surface area contributed by atoms with Crippen molar-refractivity contribution in [3.05, 3.63) is 53.1 Å². The topological polar surface area (TPSA) is 69.7 Å². The lowest BCUT2D eigenvalue weighted by atomic mass is 10.2. The molecule has 0 aromatic heterocycles. The SMILES string of the molecule is O=C(CNc1cc(S(=O)(=O)N2CCCCC2)ccc1Cl)N1CCc2ccccc21. The van der Waals surface area contributed by atoms with Gasteiger partial charge in [0.25, 0.3) is 0 Å². The number of anilines is 2. The molecule has 0 radical (unpaired) electrons. The van der Waals surface area contributed by atoms with Crippen LogP contribution in [0.3, 0.4) is 0 Å². The molecule has 1 saturated heterocycles. The molecule has 8 heteroatoms. The molecule has 6 nitrogen and oxygen atoms in total. The molecule has 0 spiro atoms. The molecule has 0 saturated carbocycles. The fourth-order valence-electron chi connectivity index (χ4n) is 3.92. The first-order chi connectivity index (χ1) is 14.0. The maximum atomic E-state index is 12.9. The average molecular weight is 434 g/mol. The lowest BCUT2D eigenvalue weighted by Gasteiger charge is -2.26. The number of benzene rings is 2. The molecule has 1 N–H and O–H groups in total. The van der Waals surface area contributed by atoms with E-state index in [1.54, 1.807) is 11.0 Å². The number of amides is 1. The zero-order valence-electron chi connectivity index (χ0n) is 16.1. The van der Waals surface area contributed by atoms with Gasteiger partial charge in [-0.3, -0.25) is 4.79 Å². The van der Waals surface area contributed by atoms with Gasteiger partial charge in [0.1, 0.15) is 0 Å². The Kier molecular flexibility index (Phi) is 5.81. The van der Waals surface area contributed by atoms with E-state index in [2.05, 4.69) is 5.32 Å². The smallest absolute Gasteiger partial charge is 0.246 e. The number of fused-ring (bicyclic) bond motifs is 1. The summed E-state index contributed by atoms with van der Waals surface area (Å²) in [6.45, 7) is 1.78. The number of carbonyl (C=O) groups excluding carboxylic acids is 1. The molecular weight excluding hydrogens is 410 g/mol. The van der Waals surface area contributed by atoms with Crippen molar-refractivity contribution in [2.75, 3.05) is 36.4 Å². The fraction of sp³-hybridized carbons (Fsp3) is 0.381. The Balaban J connectivity index is 1.48. The Bertz CT molecular complexity index is 1020. The quantitative estimate of drug-likeness (QED) is 0.783. The van der Waals surface area contributed by atoms with Gasteiger partial charge in [-0.2, -0.15) is 4.31 Å². The molecule has 0 aliphatic carbocycles. The molecular formula is C21H24ClN3O3S. The third-order valence-electron chi connectivity index (χ3n) is 5.51. The number of halogens is 1. The average Bonchev–Trinajstić information content (AvgIpc) is 3.18. The normalized spacial score (nSPS) is 17.2. The van der Waals surface area contributed by atoms with Crippen LogP contribution in [0.2, 0.25) is 5.02 Å². The molecule has 0 atom stereocenters. The highest BCUT2D eigenvalue weighted by Crippen LogP contribution is 2.30. The third-order valence-corrected chi connectivity index (χ3v) is 7.73. The molecule has 1 fully saturated rings. The highest BCUT2D eigenvalue weighted by molar-refractivity contribution is 7.89. The summed E-state index contributed by atoms with van der Waals surface area (Å²) in [5.41, 5.74) is 2.55. The largest absolute Gasteiger partial charge is 0.375 e. The standard InChI is InChI=1S/C21H24ClN3O3S/c22-18-9-8-17(29(27,28)24-11-4-1-5-12-24)14-19(18)23-15-21(26)25-13-10-16-6-2-3-7-20(16)25/h2-3,6-9,14,23H,1,4-5,10-13,15H2. The number of nitrogens with one attached hydrogen (secondary N) is 1. The highest BCUT2D eigenvalue weighted by Gasteiger charge is 2.27.